The van der Waals surface area contributed by atoms with Crippen LogP contribution in [-0.2, 0) is 14.9 Å². The predicted molar refractivity (Wildman–Crippen MR) is 106 cm³/mol. The molecule has 0 saturated heterocycles. The van der Waals surface area contributed by atoms with Gasteiger partial charge in [-0.1, -0.05) is 55.5 Å². The molecular formula is C23H28N2O2. The molecule has 1 aromatic rings. The lowest BCUT2D eigenvalue weighted by Crippen LogP contribution is -2.45. The highest BCUT2D eigenvalue weighted by molar-refractivity contribution is 5.95. The monoisotopic (exact) mass is 364 g/mol. The van der Waals surface area contributed by atoms with Gasteiger partial charge in [-0.05, 0) is 31.2 Å². The van der Waals surface area contributed by atoms with E-state index in [0.29, 0.717) is 12.1 Å². The summed E-state index contributed by atoms with van der Waals surface area (Å²) in [6.45, 7) is 2.64. The lowest BCUT2D eigenvalue weighted by molar-refractivity contribution is -0.119. The molecule has 142 valence electrons. The largest absolute Gasteiger partial charge is 0.376 e. The van der Waals surface area contributed by atoms with Crippen LogP contribution in [0.1, 0.15) is 38.2 Å². The van der Waals surface area contributed by atoms with Gasteiger partial charge < -0.3 is 10.1 Å². The summed E-state index contributed by atoms with van der Waals surface area (Å²) in [6.07, 6.45) is 9.22. The standard InChI is InChI=1S/C23H28N2O2/c1-17-7-6-10-20(21(17)27-2)22(26)25-16-23(19-8-4-3-5-9-19)13-11-18(15-24)12-14-23/h3-10,17-18,21H,11-14,16H2,1-2H3,(H,25,26). The van der Waals surface area contributed by atoms with Crippen molar-refractivity contribution < 1.29 is 9.53 Å². The summed E-state index contributed by atoms with van der Waals surface area (Å²) < 4.78 is 5.55. The summed E-state index contributed by atoms with van der Waals surface area (Å²) in [7, 11) is 1.65. The Morgan fingerprint density at radius 1 is 1.30 bits per heavy atom. The average molecular weight is 364 g/mol. The van der Waals surface area contributed by atoms with E-state index >= 15 is 0 Å². The van der Waals surface area contributed by atoms with E-state index in [9.17, 15) is 10.1 Å². The number of amides is 1. The predicted octanol–water partition coefficient (Wildman–Crippen LogP) is 3.90. The number of methoxy groups -OCH3 is 1. The van der Waals surface area contributed by atoms with Crippen LogP contribution >= 0.6 is 0 Å². The second-order valence-electron chi connectivity index (χ2n) is 7.75. The first-order valence-electron chi connectivity index (χ1n) is 9.74. The lowest BCUT2D eigenvalue weighted by atomic mass is 9.66. The molecule has 1 saturated carbocycles. The fraction of sp³-hybridized carbons (Fsp3) is 0.478. The summed E-state index contributed by atoms with van der Waals surface area (Å²) in [5.74, 6) is 0.244. The Kier molecular flexibility index (Phi) is 6.13. The van der Waals surface area contributed by atoms with Crippen LogP contribution in [-0.4, -0.2) is 25.7 Å². The van der Waals surface area contributed by atoms with Crippen molar-refractivity contribution in [3.05, 3.63) is 59.7 Å². The Morgan fingerprint density at radius 3 is 2.63 bits per heavy atom. The van der Waals surface area contributed by atoms with Crippen molar-refractivity contribution in [1.82, 2.24) is 5.32 Å². The SMILES string of the molecule is COC1C(C(=O)NCC2(c3ccccc3)CCC(C#N)CC2)=CC=CC1C. The maximum absolute atomic E-state index is 12.9. The molecule has 2 atom stereocenters. The van der Waals surface area contributed by atoms with Gasteiger partial charge in [0.2, 0.25) is 5.91 Å². The number of hydrogen-bond acceptors (Lipinski definition) is 3. The molecule has 1 amide bonds. The van der Waals surface area contributed by atoms with E-state index in [0.717, 1.165) is 25.7 Å². The van der Waals surface area contributed by atoms with Gasteiger partial charge in [0.15, 0.2) is 0 Å². The zero-order valence-corrected chi connectivity index (χ0v) is 16.2. The number of allylic oxidation sites excluding steroid dienone is 2. The van der Waals surface area contributed by atoms with Crippen molar-refractivity contribution in [2.45, 2.75) is 44.1 Å². The minimum Gasteiger partial charge on any atom is -0.376 e. The van der Waals surface area contributed by atoms with Gasteiger partial charge in [-0.25, -0.2) is 0 Å². The van der Waals surface area contributed by atoms with Gasteiger partial charge in [-0.2, -0.15) is 5.26 Å². The molecule has 0 aliphatic heterocycles. The fourth-order valence-corrected chi connectivity index (χ4v) is 4.37. The highest BCUT2D eigenvalue weighted by Crippen LogP contribution is 2.41. The zero-order chi connectivity index (χ0) is 19.3. The fourth-order valence-electron chi connectivity index (χ4n) is 4.37. The molecule has 0 radical (unpaired) electrons. The first kappa shape index (κ1) is 19.4. The third-order valence-electron chi connectivity index (χ3n) is 6.09. The van der Waals surface area contributed by atoms with E-state index in [4.69, 9.17) is 4.74 Å². The smallest absolute Gasteiger partial charge is 0.249 e. The van der Waals surface area contributed by atoms with E-state index in [2.05, 4.69) is 36.5 Å². The molecule has 3 rings (SSSR count). The Bertz CT molecular complexity index is 752. The topological polar surface area (TPSA) is 62.1 Å². The Labute approximate surface area is 161 Å². The molecule has 0 spiro atoms. The number of benzene rings is 1. The van der Waals surface area contributed by atoms with Gasteiger partial charge in [-0.15, -0.1) is 0 Å². The molecule has 1 aromatic carbocycles. The molecule has 4 nitrogen and oxygen atoms in total. The van der Waals surface area contributed by atoms with Crippen LogP contribution in [0.3, 0.4) is 0 Å². The van der Waals surface area contributed by atoms with Crippen molar-refractivity contribution in [1.29, 1.82) is 5.26 Å². The van der Waals surface area contributed by atoms with Crippen LogP contribution in [0, 0.1) is 23.2 Å². The molecule has 2 unspecified atom stereocenters. The molecule has 2 aliphatic rings. The first-order chi connectivity index (χ1) is 13.1. The molecule has 1 fully saturated rings. The van der Waals surface area contributed by atoms with Crippen LogP contribution in [0.2, 0.25) is 0 Å². The summed E-state index contributed by atoms with van der Waals surface area (Å²) in [5, 5.41) is 12.4. The second kappa shape index (κ2) is 8.54. The number of nitrogens with zero attached hydrogens (tertiary/aromatic N) is 1. The van der Waals surface area contributed by atoms with Crippen molar-refractivity contribution in [3.63, 3.8) is 0 Å². The van der Waals surface area contributed by atoms with Crippen molar-refractivity contribution in [2.24, 2.45) is 11.8 Å². The van der Waals surface area contributed by atoms with Crippen molar-refractivity contribution in [3.8, 4) is 6.07 Å². The minimum atomic E-state index is -0.211. The number of carbonyl (C=O) groups is 1. The zero-order valence-electron chi connectivity index (χ0n) is 16.2. The van der Waals surface area contributed by atoms with E-state index in [1.807, 2.05) is 30.4 Å². The molecule has 0 heterocycles. The summed E-state index contributed by atoms with van der Waals surface area (Å²) in [5.41, 5.74) is 1.82. The van der Waals surface area contributed by atoms with Gasteiger partial charge in [0.25, 0.3) is 0 Å². The maximum atomic E-state index is 12.9. The van der Waals surface area contributed by atoms with E-state index < -0.39 is 0 Å². The number of hydrogen-bond donors (Lipinski definition) is 1. The molecule has 0 bridgehead atoms. The Hall–Kier alpha value is -2.38. The summed E-state index contributed by atoms with van der Waals surface area (Å²) in [6, 6.07) is 12.8. The molecule has 27 heavy (non-hydrogen) atoms. The third kappa shape index (κ3) is 4.14. The Morgan fingerprint density at radius 2 is 2.00 bits per heavy atom. The second-order valence-corrected chi connectivity index (χ2v) is 7.75. The molecule has 2 aliphatic carbocycles. The van der Waals surface area contributed by atoms with Crippen LogP contribution < -0.4 is 5.32 Å². The van der Waals surface area contributed by atoms with Crippen molar-refractivity contribution in [2.75, 3.05) is 13.7 Å². The van der Waals surface area contributed by atoms with Crippen LogP contribution in [0.15, 0.2) is 54.1 Å². The number of rotatable bonds is 5. The van der Waals surface area contributed by atoms with Gasteiger partial charge in [0.05, 0.1) is 12.2 Å². The van der Waals surface area contributed by atoms with E-state index in [-0.39, 0.29) is 29.3 Å². The summed E-state index contributed by atoms with van der Waals surface area (Å²) >= 11 is 0. The normalized spacial score (nSPS) is 30.3. The lowest BCUT2D eigenvalue weighted by Gasteiger charge is -2.39. The number of nitriles is 1. The van der Waals surface area contributed by atoms with Gasteiger partial charge in [0.1, 0.15) is 0 Å². The number of nitrogens with one attached hydrogen (secondary N) is 1. The highest BCUT2D eigenvalue weighted by Gasteiger charge is 2.38. The molecule has 4 heteroatoms. The maximum Gasteiger partial charge on any atom is 0.249 e. The first-order valence-corrected chi connectivity index (χ1v) is 9.74. The van der Waals surface area contributed by atoms with Gasteiger partial charge in [0, 0.05) is 36.5 Å². The quantitative estimate of drug-likeness (QED) is 0.862. The average Bonchev–Trinajstić information content (AvgIpc) is 2.73. The van der Waals surface area contributed by atoms with E-state index in [1.165, 1.54) is 5.56 Å². The Balaban J connectivity index is 1.76. The van der Waals surface area contributed by atoms with E-state index in [1.54, 1.807) is 7.11 Å². The number of ether oxygens (including phenoxy) is 1. The van der Waals surface area contributed by atoms with Gasteiger partial charge >= 0.3 is 0 Å². The van der Waals surface area contributed by atoms with Crippen LogP contribution in [0.25, 0.3) is 0 Å². The third-order valence-corrected chi connectivity index (χ3v) is 6.09. The molecular weight excluding hydrogens is 336 g/mol. The van der Waals surface area contributed by atoms with Crippen LogP contribution in [0.4, 0.5) is 0 Å². The van der Waals surface area contributed by atoms with Crippen molar-refractivity contribution >= 4 is 5.91 Å². The number of carbonyl (C=O) groups excluding carboxylic acids is 1. The summed E-state index contributed by atoms with van der Waals surface area (Å²) in [4.78, 5) is 12.9. The van der Waals surface area contributed by atoms with Gasteiger partial charge in [-0.3, -0.25) is 4.79 Å². The molecule has 1 N–H and O–H groups in total. The van der Waals surface area contributed by atoms with Crippen LogP contribution in [0.5, 0.6) is 0 Å². The highest BCUT2D eigenvalue weighted by atomic mass is 16.5. The minimum absolute atomic E-state index is 0.0595. The molecule has 0 aromatic heterocycles.